The summed E-state index contributed by atoms with van der Waals surface area (Å²) in [6.45, 7) is 4.54. The van der Waals surface area contributed by atoms with Crippen molar-refractivity contribution in [2.75, 3.05) is 13.1 Å². The average molecular weight is 140 g/mol. The molecule has 10 heavy (non-hydrogen) atoms. The van der Waals surface area contributed by atoms with Crippen LogP contribution in [0.25, 0.3) is 0 Å². The molecule has 2 nitrogen and oxygen atoms in total. The lowest BCUT2D eigenvalue weighted by Gasteiger charge is -2.08. The highest BCUT2D eigenvalue weighted by Crippen LogP contribution is 2.42. The SMILES string of the molecule is CCNC1CC12CCCN2. The molecule has 0 amide bonds. The number of likely N-dealkylation sites (N-methyl/N-ethyl adjacent to an activating group) is 1. The Morgan fingerprint density at radius 3 is 3.20 bits per heavy atom. The van der Waals surface area contributed by atoms with Crippen molar-refractivity contribution in [1.29, 1.82) is 0 Å². The van der Waals surface area contributed by atoms with Crippen LogP contribution in [-0.4, -0.2) is 24.7 Å². The standard InChI is InChI=1S/C8H16N2/c1-2-9-7-6-8(7)4-3-5-10-8/h7,9-10H,2-6H2,1H3. The number of hydrogen-bond donors (Lipinski definition) is 2. The first kappa shape index (κ1) is 6.62. The fourth-order valence-corrected chi connectivity index (χ4v) is 2.12. The van der Waals surface area contributed by atoms with Crippen molar-refractivity contribution in [1.82, 2.24) is 10.6 Å². The molecule has 0 aromatic heterocycles. The zero-order valence-electron chi connectivity index (χ0n) is 6.61. The van der Waals surface area contributed by atoms with Crippen LogP contribution in [0.5, 0.6) is 0 Å². The summed E-state index contributed by atoms with van der Waals surface area (Å²) in [5.41, 5.74) is 0.552. The summed E-state index contributed by atoms with van der Waals surface area (Å²) in [6.07, 6.45) is 4.13. The Kier molecular flexibility index (Phi) is 1.46. The highest BCUT2D eigenvalue weighted by atomic mass is 15.2. The fourth-order valence-electron chi connectivity index (χ4n) is 2.12. The summed E-state index contributed by atoms with van der Waals surface area (Å²) in [4.78, 5) is 0. The van der Waals surface area contributed by atoms with Crippen LogP contribution in [0.3, 0.4) is 0 Å². The van der Waals surface area contributed by atoms with Gasteiger partial charge in [0, 0.05) is 11.6 Å². The van der Waals surface area contributed by atoms with Gasteiger partial charge in [-0.05, 0) is 32.4 Å². The lowest BCUT2D eigenvalue weighted by atomic mass is 10.2. The third kappa shape index (κ3) is 0.867. The summed E-state index contributed by atoms with van der Waals surface area (Å²) in [5.74, 6) is 0. The van der Waals surface area contributed by atoms with E-state index < -0.39 is 0 Å². The van der Waals surface area contributed by atoms with Gasteiger partial charge in [0.2, 0.25) is 0 Å². The number of nitrogens with one attached hydrogen (secondary N) is 2. The first-order valence-corrected chi connectivity index (χ1v) is 4.36. The maximum Gasteiger partial charge on any atom is 0.0351 e. The van der Waals surface area contributed by atoms with E-state index in [0.29, 0.717) is 5.54 Å². The first-order chi connectivity index (χ1) is 4.87. The molecule has 58 valence electrons. The van der Waals surface area contributed by atoms with E-state index >= 15 is 0 Å². The van der Waals surface area contributed by atoms with Crippen LogP contribution < -0.4 is 10.6 Å². The van der Waals surface area contributed by atoms with Gasteiger partial charge in [-0.3, -0.25) is 0 Å². The predicted molar refractivity (Wildman–Crippen MR) is 42.0 cm³/mol. The Hall–Kier alpha value is -0.0800. The molecule has 2 rings (SSSR count). The topological polar surface area (TPSA) is 24.1 Å². The third-order valence-corrected chi connectivity index (χ3v) is 2.80. The molecule has 2 atom stereocenters. The molecule has 1 saturated heterocycles. The minimum absolute atomic E-state index is 0.552. The molecule has 1 spiro atoms. The van der Waals surface area contributed by atoms with Crippen molar-refractivity contribution in [3.05, 3.63) is 0 Å². The summed E-state index contributed by atoms with van der Waals surface area (Å²) >= 11 is 0. The molecule has 0 radical (unpaired) electrons. The number of hydrogen-bond acceptors (Lipinski definition) is 2. The lowest BCUT2D eigenvalue weighted by Crippen LogP contribution is -2.33. The van der Waals surface area contributed by atoms with E-state index in [9.17, 15) is 0 Å². The minimum atomic E-state index is 0.552. The van der Waals surface area contributed by atoms with Crippen LogP contribution in [-0.2, 0) is 0 Å². The molecule has 2 unspecified atom stereocenters. The Morgan fingerprint density at radius 2 is 2.60 bits per heavy atom. The molecular formula is C8H16N2. The highest BCUT2D eigenvalue weighted by molar-refractivity contribution is 5.17. The maximum absolute atomic E-state index is 3.58. The van der Waals surface area contributed by atoms with Gasteiger partial charge < -0.3 is 10.6 Å². The molecule has 0 bridgehead atoms. The second-order valence-corrected chi connectivity index (χ2v) is 3.50. The van der Waals surface area contributed by atoms with Gasteiger partial charge in [0.15, 0.2) is 0 Å². The quantitative estimate of drug-likeness (QED) is 0.583. The van der Waals surface area contributed by atoms with E-state index in [4.69, 9.17) is 0 Å². The van der Waals surface area contributed by atoms with E-state index in [1.54, 1.807) is 0 Å². The fraction of sp³-hybridized carbons (Fsp3) is 1.00. The second-order valence-electron chi connectivity index (χ2n) is 3.50. The predicted octanol–water partition coefficient (Wildman–Crippen LogP) is 0.490. The lowest BCUT2D eigenvalue weighted by molar-refractivity contribution is 0.533. The molecule has 2 aliphatic rings. The summed E-state index contributed by atoms with van der Waals surface area (Å²) in [6, 6.07) is 0.792. The van der Waals surface area contributed by atoms with Gasteiger partial charge in [-0.25, -0.2) is 0 Å². The van der Waals surface area contributed by atoms with Gasteiger partial charge in [-0.1, -0.05) is 6.92 Å². The molecule has 2 heteroatoms. The Labute approximate surface area is 62.4 Å². The van der Waals surface area contributed by atoms with Crippen LogP contribution in [0.15, 0.2) is 0 Å². The molecule has 2 N–H and O–H groups in total. The van der Waals surface area contributed by atoms with Crippen molar-refractivity contribution >= 4 is 0 Å². The average Bonchev–Trinajstić information content (AvgIpc) is 2.43. The van der Waals surface area contributed by atoms with E-state index in [-0.39, 0.29) is 0 Å². The summed E-state index contributed by atoms with van der Waals surface area (Å²) < 4.78 is 0. The molecule has 1 saturated carbocycles. The molecule has 0 aromatic rings. The van der Waals surface area contributed by atoms with E-state index in [0.717, 1.165) is 12.6 Å². The van der Waals surface area contributed by atoms with Gasteiger partial charge >= 0.3 is 0 Å². The third-order valence-electron chi connectivity index (χ3n) is 2.80. The summed E-state index contributed by atoms with van der Waals surface area (Å²) in [7, 11) is 0. The van der Waals surface area contributed by atoms with Gasteiger partial charge in [0.1, 0.15) is 0 Å². The largest absolute Gasteiger partial charge is 0.312 e. The Bertz CT molecular complexity index is 127. The van der Waals surface area contributed by atoms with Crippen LogP contribution in [0, 0.1) is 0 Å². The van der Waals surface area contributed by atoms with Crippen LogP contribution >= 0.6 is 0 Å². The molecule has 1 aliphatic carbocycles. The highest BCUT2D eigenvalue weighted by Gasteiger charge is 2.54. The van der Waals surface area contributed by atoms with Crippen LogP contribution in [0.1, 0.15) is 26.2 Å². The first-order valence-electron chi connectivity index (χ1n) is 4.36. The van der Waals surface area contributed by atoms with Crippen LogP contribution in [0.4, 0.5) is 0 Å². The number of rotatable bonds is 2. The minimum Gasteiger partial charge on any atom is -0.312 e. The smallest absolute Gasteiger partial charge is 0.0351 e. The van der Waals surface area contributed by atoms with Crippen molar-refractivity contribution in [2.45, 2.75) is 37.8 Å². The molecular weight excluding hydrogens is 124 g/mol. The zero-order chi connectivity index (χ0) is 7.03. The normalized spacial score (nSPS) is 44.7. The zero-order valence-corrected chi connectivity index (χ0v) is 6.61. The van der Waals surface area contributed by atoms with Crippen molar-refractivity contribution < 1.29 is 0 Å². The van der Waals surface area contributed by atoms with Gasteiger partial charge in [-0.2, -0.15) is 0 Å². The van der Waals surface area contributed by atoms with Crippen molar-refractivity contribution in [2.24, 2.45) is 0 Å². The molecule has 2 fully saturated rings. The Balaban J connectivity index is 1.86. The Morgan fingerprint density at radius 1 is 1.70 bits per heavy atom. The van der Waals surface area contributed by atoms with Gasteiger partial charge in [0.05, 0.1) is 0 Å². The molecule has 1 aliphatic heterocycles. The van der Waals surface area contributed by atoms with Crippen molar-refractivity contribution in [3.63, 3.8) is 0 Å². The second kappa shape index (κ2) is 2.21. The molecule has 0 aromatic carbocycles. The monoisotopic (exact) mass is 140 g/mol. The maximum atomic E-state index is 3.58. The van der Waals surface area contributed by atoms with E-state index in [2.05, 4.69) is 17.6 Å². The summed E-state index contributed by atoms with van der Waals surface area (Å²) in [5, 5.41) is 7.07. The molecule has 1 heterocycles. The van der Waals surface area contributed by atoms with Gasteiger partial charge in [-0.15, -0.1) is 0 Å². The van der Waals surface area contributed by atoms with Gasteiger partial charge in [0.25, 0.3) is 0 Å². The van der Waals surface area contributed by atoms with E-state index in [1.807, 2.05) is 0 Å². The van der Waals surface area contributed by atoms with Crippen molar-refractivity contribution in [3.8, 4) is 0 Å². The van der Waals surface area contributed by atoms with Crippen LogP contribution in [0.2, 0.25) is 0 Å². The van der Waals surface area contributed by atoms with E-state index in [1.165, 1.54) is 25.8 Å².